The maximum Gasteiger partial charge on any atom is 0.256 e. The molecule has 2 N–H and O–H groups in total. The zero-order valence-electron chi connectivity index (χ0n) is 14.0. The highest BCUT2D eigenvalue weighted by Crippen LogP contribution is 2.28. The van der Waals surface area contributed by atoms with E-state index in [-0.39, 0.29) is 5.56 Å². The minimum absolute atomic E-state index is 0.154. The molecule has 128 valence electrons. The number of ether oxygens (including phenoxy) is 1. The van der Waals surface area contributed by atoms with Crippen LogP contribution in [0, 0.1) is 6.92 Å². The summed E-state index contributed by atoms with van der Waals surface area (Å²) in [7, 11) is 1.56. The van der Waals surface area contributed by atoms with Gasteiger partial charge in [0.15, 0.2) is 0 Å². The Morgan fingerprint density at radius 3 is 2.60 bits per heavy atom. The fraction of sp³-hybridized carbons (Fsp3) is 0.158. The molecule has 0 aliphatic rings. The van der Waals surface area contributed by atoms with E-state index in [0.29, 0.717) is 40.1 Å². The summed E-state index contributed by atoms with van der Waals surface area (Å²) in [6.45, 7) is 1.83. The monoisotopic (exact) mass is 355 g/mol. The summed E-state index contributed by atoms with van der Waals surface area (Å²) in [6, 6.07) is 15.1. The van der Waals surface area contributed by atoms with Crippen molar-refractivity contribution in [1.29, 1.82) is 0 Å². The molecule has 0 bridgehead atoms. The maximum absolute atomic E-state index is 12.4. The molecular weight excluding hydrogens is 338 g/mol. The molecule has 0 aliphatic carbocycles. The number of methoxy groups -OCH3 is 1. The van der Waals surface area contributed by atoms with Crippen LogP contribution in [0.2, 0.25) is 5.02 Å². The second kappa shape index (κ2) is 7.40. The number of H-pyrrole nitrogens is 1. The van der Waals surface area contributed by atoms with E-state index < -0.39 is 0 Å². The number of aryl methyl sites for hydroxylation is 1. The molecule has 1 heterocycles. The van der Waals surface area contributed by atoms with Crippen molar-refractivity contribution >= 4 is 23.2 Å². The second-order valence-corrected chi connectivity index (χ2v) is 6.02. The van der Waals surface area contributed by atoms with Crippen LogP contribution in [0.1, 0.15) is 16.8 Å². The van der Waals surface area contributed by atoms with E-state index in [4.69, 9.17) is 16.3 Å². The molecule has 0 amide bonds. The van der Waals surface area contributed by atoms with Crippen molar-refractivity contribution in [2.75, 3.05) is 12.4 Å². The number of nitrogens with one attached hydrogen (secondary N) is 2. The van der Waals surface area contributed by atoms with Gasteiger partial charge in [0.2, 0.25) is 5.95 Å². The van der Waals surface area contributed by atoms with Gasteiger partial charge in [-0.3, -0.25) is 9.78 Å². The molecular formula is C19H18ClN3O2. The van der Waals surface area contributed by atoms with Gasteiger partial charge in [0.05, 0.1) is 17.8 Å². The summed E-state index contributed by atoms with van der Waals surface area (Å²) >= 11 is 6.12. The van der Waals surface area contributed by atoms with Crippen LogP contribution in [0.5, 0.6) is 5.75 Å². The van der Waals surface area contributed by atoms with Crippen LogP contribution in [0.4, 0.5) is 11.6 Å². The third-order valence-corrected chi connectivity index (χ3v) is 4.16. The molecule has 0 radical (unpaired) electrons. The van der Waals surface area contributed by atoms with Crippen molar-refractivity contribution in [3.05, 3.63) is 80.7 Å². The average Bonchev–Trinajstić information content (AvgIpc) is 2.59. The molecule has 0 saturated carbocycles. The summed E-state index contributed by atoms with van der Waals surface area (Å²) in [5.41, 5.74) is 2.97. The van der Waals surface area contributed by atoms with Crippen LogP contribution in [0.25, 0.3) is 0 Å². The zero-order chi connectivity index (χ0) is 17.8. The highest BCUT2D eigenvalue weighted by atomic mass is 35.5. The number of aromatic nitrogens is 2. The average molecular weight is 356 g/mol. The van der Waals surface area contributed by atoms with E-state index in [1.165, 1.54) is 0 Å². The van der Waals surface area contributed by atoms with E-state index in [1.54, 1.807) is 25.3 Å². The van der Waals surface area contributed by atoms with Gasteiger partial charge < -0.3 is 10.1 Å². The summed E-state index contributed by atoms with van der Waals surface area (Å²) < 4.78 is 5.13. The van der Waals surface area contributed by atoms with Gasteiger partial charge >= 0.3 is 0 Å². The Hall–Kier alpha value is -2.79. The smallest absolute Gasteiger partial charge is 0.256 e. The van der Waals surface area contributed by atoms with E-state index in [0.717, 1.165) is 5.56 Å². The Bertz CT molecular complexity index is 939. The Morgan fingerprint density at radius 2 is 1.96 bits per heavy atom. The van der Waals surface area contributed by atoms with Crippen LogP contribution in [-0.4, -0.2) is 17.1 Å². The largest absolute Gasteiger partial charge is 0.495 e. The van der Waals surface area contributed by atoms with Crippen molar-refractivity contribution in [1.82, 2.24) is 9.97 Å². The van der Waals surface area contributed by atoms with E-state index in [2.05, 4.69) is 15.3 Å². The summed E-state index contributed by atoms with van der Waals surface area (Å²) in [5.74, 6) is 0.962. The predicted molar refractivity (Wildman–Crippen MR) is 100 cm³/mol. The van der Waals surface area contributed by atoms with Gasteiger partial charge in [-0.1, -0.05) is 41.9 Å². The van der Waals surface area contributed by atoms with E-state index >= 15 is 0 Å². The molecule has 25 heavy (non-hydrogen) atoms. The van der Waals surface area contributed by atoms with Crippen molar-refractivity contribution < 1.29 is 4.74 Å². The summed E-state index contributed by atoms with van der Waals surface area (Å²) in [6.07, 6.45) is 0.545. The van der Waals surface area contributed by atoms with E-state index in [1.807, 2.05) is 37.3 Å². The van der Waals surface area contributed by atoms with Crippen LogP contribution < -0.4 is 15.6 Å². The molecule has 1 aromatic heterocycles. The number of benzene rings is 2. The third-order valence-electron chi connectivity index (χ3n) is 3.86. The number of aromatic amines is 1. The standard InChI is InChI=1S/C19H18ClN3O2/c1-12-15(10-13-6-4-3-5-7-13)18(24)23-19(21-12)22-14-8-9-17(25-2)16(20)11-14/h3-9,11H,10H2,1-2H3,(H2,21,22,23,24). The lowest BCUT2D eigenvalue weighted by Gasteiger charge is -2.10. The third kappa shape index (κ3) is 4.00. The molecule has 6 heteroatoms. The molecule has 0 fully saturated rings. The predicted octanol–water partition coefficient (Wildman–Crippen LogP) is 4.07. The van der Waals surface area contributed by atoms with Gasteiger partial charge in [-0.05, 0) is 30.7 Å². The second-order valence-electron chi connectivity index (χ2n) is 5.62. The lowest BCUT2D eigenvalue weighted by molar-refractivity contribution is 0.415. The van der Waals surface area contributed by atoms with Gasteiger partial charge in [-0.15, -0.1) is 0 Å². The maximum atomic E-state index is 12.4. The van der Waals surface area contributed by atoms with E-state index in [9.17, 15) is 4.79 Å². The number of anilines is 2. The Labute approximate surface area is 150 Å². The number of nitrogens with zero attached hydrogens (tertiary/aromatic N) is 1. The molecule has 2 aromatic carbocycles. The van der Waals surface area contributed by atoms with Crippen LogP contribution >= 0.6 is 11.6 Å². The quantitative estimate of drug-likeness (QED) is 0.723. The van der Waals surface area contributed by atoms with Gasteiger partial charge in [0, 0.05) is 17.7 Å². The Kier molecular flexibility index (Phi) is 5.05. The molecule has 3 rings (SSSR count). The minimum Gasteiger partial charge on any atom is -0.495 e. The van der Waals surface area contributed by atoms with Gasteiger partial charge in [-0.2, -0.15) is 0 Å². The van der Waals surface area contributed by atoms with Gasteiger partial charge in [-0.25, -0.2) is 4.98 Å². The first kappa shape index (κ1) is 17.0. The van der Waals surface area contributed by atoms with Crippen molar-refractivity contribution in [3.8, 4) is 5.75 Å². The molecule has 0 saturated heterocycles. The normalized spacial score (nSPS) is 10.5. The summed E-state index contributed by atoms with van der Waals surface area (Å²) in [5, 5.41) is 3.54. The highest BCUT2D eigenvalue weighted by Gasteiger charge is 2.10. The number of halogens is 1. The minimum atomic E-state index is -0.154. The fourth-order valence-corrected chi connectivity index (χ4v) is 2.82. The topological polar surface area (TPSA) is 67.0 Å². The lowest BCUT2D eigenvalue weighted by atomic mass is 10.1. The molecule has 0 unspecified atom stereocenters. The fourth-order valence-electron chi connectivity index (χ4n) is 2.56. The zero-order valence-corrected chi connectivity index (χ0v) is 14.7. The van der Waals surface area contributed by atoms with Crippen molar-refractivity contribution in [2.45, 2.75) is 13.3 Å². The van der Waals surface area contributed by atoms with Crippen molar-refractivity contribution in [3.63, 3.8) is 0 Å². The molecule has 3 aromatic rings. The molecule has 0 spiro atoms. The SMILES string of the molecule is COc1ccc(Nc2nc(C)c(Cc3ccccc3)c(=O)[nH]2)cc1Cl. The first-order chi connectivity index (χ1) is 12.1. The van der Waals surface area contributed by atoms with Crippen LogP contribution in [-0.2, 0) is 6.42 Å². The number of hydrogen-bond acceptors (Lipinski definition) is 4. The Balaban J connectivity index is 1.85. The van der Waals surface area contributed by atoms with Crippen LogP contribution in [0.3, 0.4) is 0 Å². The van der Waals surface area contributed by atoms with Gasteiger partial charge in [0.25, 0.3) is 5.56 Å². The van der Waals surface area contributed by atoms with Gasteiger partial charge in [0.1, 0.15) is 5.75 Å². The first-order valence-corrected chi connectivity index (χ1v) is 8.19. The Morgan fingerprint density at radius 1 is 1.20 bits per heavy atom. The lowest BCUT2D eigenvalue weighted by Crippen LogP contribution is -2.18. The summed E-state index contributed by atoms with van der Waals surface area (Å²) in [4.78, 5) is 19.7. The molecule has 5 nitrogen and oxygen atoms in total. The molecule has 0 atom stereocenters. The number of rotatable bonds is 5. The molecule has 0 aliphatic heterocycles. The highest BCUT2D eigenvalue weighted by molar-refractivity contribution is 6.32. The first-order valence-electron chi connectivity index (χ1n) is 7.81. The van der Waals surface area contributed by atoms with Crippen LogP contribution in [0.15, 0.2) is 53.3 Å². The van der Waals surface area contributed by atoms with Crippen molar-refractivity contribution in [2.24, 2.45) is 0 Å². The number of hydrogen-bond donors (Lipinski definition) is 2.